The van der Waals surface area contributed by atoms with Gasteiger partial charge in [0.25, 0.3) is 8.54 Å². The van der Waals surface area contributed by atoms with E-state index in [2.05, 4.69) is 4.52 Å². The lowest BCUT2D eigenvalue weighted by molar-refractivity contribution is 0.301. The van der Waals surface area contributed by atoms with Crippen LogP contribution in [0, 0.1) is 0 Å². The standard InChI is InChI=1S/C4H8F4OP2/c5-10(6)4-2-1-3-9-11(7)8/h1-4H2. The smallest absolute Gasteiger partial charge is 0.306 e. The number of hydrogen-bond acceptors (Lipinski definition) is 1. The van der Waals surface area contributed by atoms with Crippen LogP contribution in [0.4, 0.5) is 16.8 Å². The van der Waals surface area contributed by atoms with Gasteiger partial charge in [-0.05, 0) is 12.8 Å². The molecule has 0 heterocycles. The average molecular weight is 210 g/mol. The zero-order valence-corrected chi connectivity index (χ0v) is 7.43. The molecule has 0 radical (unpaired) electrons. The summed E-state index contributed by atoms with van der Waals surface area (Å²) in [6, 6.07) is 0. The van der Waals surface area contributed by atoms with Crippen molar-refractivity contribution >= 4 is 17.3 Å². The molecule has 68 valence electrons. The fourth-order valence-corrected chi connectivity index (χ4v) is 1.20. The largest absolute Gasteiger partial charge is 0.415 e. The van der Waals surface area contributed by atoms with Crippen molar-refractivity contribution in [2.45, 2.75) is 12.8 Å². The maximum absolute atomic E-state index is 11.5. The van der Waals surface area contributed by atoms with Gasteiger partial charge in [-0.25, -0.2) is 0 Å². The van der Waals surface area contributed by atoms with E-state index < -0.39 is 17.3 Å². The summed E-state index contributed by atoms with van der Waals surface area (Å²) >= 11 is 0. The second kappa shape index (κ2) is 7.20. The van der Waals surface area contributed by atoms with Crippen molar-refractivity contribution in [1.29, 1.82) is 0 Å². The van der Waals surface area contributed by atoms with E-state index in [-0.39, 0.29) is 19.2 Å². The molecule has 1 nitrogen and oxygen atoms in total. The Bertz CT molecular complexity index is 82.2. The molecule has 0 aromatic heterocycles. The zero-order chi connectivity index (χ0) is 8.69. The number of rotatable bonds is 6. The Kier molecular flexibility index (Phi) is 7.56. The minimum absolute atomic E-state index is 0.109. The molecule has 0 fully saturated rings. The van der Waals surface area contributed by atoms with E-state index in [4.69, 9.17) is 0 Å². The summed E-state index contributed by atoms with van der Waals surface area (Å²) in [5.74, 6) is 0. The minimum Gasteiger partial charge on any atom is -0.306 e. The highest BCUT2D eigenvalue weighted by molar-refractivity contribution is 7.46. The molecule has 0 saturated heterocycles. The molecule has 0 aliphatic heterocycles. The first-order chi connectivity index (χ1) is 5.13. The summed E-state index contributed by atoms with van der Waals surface area (Å²) in [7, 11) is -6.18. The zero-order valence-electron chi connectivity index (χ0n) is 5.64. The van der Waals surface area contributed by atoms with E-state index >= 15 is 0 Å². The molecule has 0 bridgehead atoms. The molecular formula is C4H8F4OP2. The molecule has 11 heavy (non-hydrogen) atoms. The van der Waals surface area contributed by atoms with Crippen LogP contribution in [0.2, 0.25) is 0 Å². The lowest BCUT2D eigenvalue weighted by Gasteiger charge is -1.99. The van der Waals surface area contributed by atoms with Crippen LogP contribution in [-0.2, 0) is 4.52 Å². The van der Waals surface area contributed by atoms with Gasteiger partial charge >= 0.3 is 8.77 Å². The Morgan fingerprint density at radius 2 is 1.64 bits per heavy atom. The van der Waals surface area contributed by atoms with E-state index in [0.717, 1.165) is 0 Å². The molecule has 0 aliphatic carbocycles. The number of halogens is 4. The Hall–Kier alpha value is 0.540. The summed E-state index contributed by atoms with van der Waals surface area (Å²) in [6.45, 7) is -0.109. The minimum atomic E-state index is -3.31. The fraction of sp³-hybridized carbons (Fsp3) is 1.00. The van der Waals surface area contributed by atoms with Crippen molar-refractivity contribution in [3.05, 3.63) is 0 Å². The normalized spacial score (nSPS) is 11.5. The van der Waals surface area contributed by atoms with Crippen LogP contribution < -0.4 is 0 Å². The van der Waals surface area contributed by atoms with Crippen molar-refractivity contribution in [3.8, 4) is 0 Å². The predicted molar refractivity (Wildman–Crippen MR) is 38.3 cm³/mol. The van der Waals surface area contributed by atoms with Crippen LogP contribution in [0.15, 0.2) is 0 Å². The van der Waals surface area contributed by atoms with Crippen LogP contribution in [0.5, 0.6) is 0 Å². The lowest BCUT2D eigenvalue weighted by atomic mass is 10.4. The van der Waals surface area contributed by atoms with E-state index in [0.29, 0.717) is 6.42 Å². The fourth-order valence-electron chi connectivity index (χ4n) is 0.467. The SMILES string of the molecule is FP(F)CCCCOP(F)F. The van der Waals surface area contributed by atoms with Crippen molar-refractivity contribution < 1.29 is 21.3 Å². The molecule has 0 aromatic carbocycles. The Labute approximate surface area is 65.2 Å². The maximum Gasteiger partial charge on any atom is 0.415 e. The van der Waals surface area contributed by atoms with E-state index in [1.54, 1.807) is 0 Å². The first kappa shape index (κ1) is 11.5. The van der Waals surface area contributed by atoms with Gasteiger partial charge in [-0.1, -0.05) is 0 Å². The van der Waals surface area contributed by atoms with Gasteiger partial charge in [-0.2, -0.15) is 16.8 Å². The second-order valence-electron chi connectivity index (χ2n) is 1.77. The van der Waals surface area contributed by atoms with Crippen LogP contribution >= 0.6 is 17.3 Å². The molecule has 0 rings (SSSR count). The third kappa shape index (κ3) is 10.5. The second-order valence-corrected chi connectivity index (χ2v) is 3.48. The number of hydrogen-bond donors (Lipinski definition) is 0. The molecule has 0 N–H and O–H groups in total. The van der Waals surface area contributed by atoms with Gasteiger partial charge < -0.3 is 4.52 Å². The summed E-state index contributed by atoms with van der Waals surface area (Å²) in [4.78, 5) is 0. The number of unbranched alkanes of at least 4 members (excludes halogenated alkanes) is 1. The molecule has 0 saturated carbocycles. The Morgan fingerprint density at radius 1 is 1.00 bits per heavy atom. The van der Waals surface area contributed by atoms with E-state index in [1.807, 2.05) is 0 Å². The van der Waals surface area contributed by atoms with Crippen LogP contribution in [0.1, 0.15) is 12.8 Å². The summed E-state index contributed by atoms with van der Waals surface area (Å²) in [5, 5.41) is 0. The highest BCUT2D eigenvalue weighted by Gasteiger charge is 2.05. The first-order valence-electron chi connectivity index (χ1n) is 2.96. The molecule has 7 heteroatoms. The van der Waals surface area contributed by atoms with Gasteiger partial charge in [0.1, 0.15) is 0 Å². The van der Waals surface area contributed by atoms with Crippen molar-refractivity contribution in [3.63, 3.8) is 0 Å². The predicted octanol–water partition coefficient (Wildman–Crippen LogP) is 4.20. The van der Waals surface area contributed by atoms with Gasteiger partial charge in [0.05, 0.1) is 6.61 Å². The van der Waals surface area contributed by atoms with Crippen LogP contribution in [-0.4, -0.2) is 12.8 Å². The molecular weight excluding hydrogens is 202 g/mol. The summed E-state index contributed by atoms with van der Waals surface area (Å²) in [6.07, 6.45) is 0.385. The third-order valence-electron chi connectivity index (χ3n) is 0.910. The third-order valence-corrected chi connectivity index (χ3v) is 1.94. The van der Waals surface area contributed by atoms with Gasteiger partial charge in [-0.15, -0.1) is 0 Å². The van der Waals surface area contributed by atoms with Gasteiger partial charge in [0, 0.05) is 6.16 Å². The van der Waals surface area contributed by atoms with Gasteiger partial charge in [-0.3, -0.25) is 0 Å². The Balaban J connectivity index is 2.91. The van der Waals surface area contributed by atoms with Gasteiger partial charge in [0.2, 0.25) is 0 Å². The van der Waals surface area contributed by atoms with Crippen LogP contribution in [0.3, 0.4) is 0 Å². The molecule has 0 amide bonds. The monoisotopic (exact) mass is 210 g/mol. The van der Waals surface area contributed by atoms with E-state index in [9.17, 15) is 16.8 Å². The van der Waals surface area contributed by atoms with Gasteiger partial charge in [0.15, 0.2) is 0 Å². The highest BCUT2D eigenvalue weighted by Crippen LogP contribution is 2.41. The van der Waals surface area contributed by atoms with Crippen molar-refractivity contribution in [2.75, 3.05) is 12.8 Å². The topological polar surface area (TPSA) is 9.23 Å². The van der Waals surface area contributed by atoms with Crippen LogP contribution in [0.25, 0.3) is 0 Å². The van der Waals surface area contributed by atoms with Crippen molar-refractivity contribution in [2.24, 2.45) is 0 Å². The van der Waals surface area contributed by atoms with Crippen molar-refractivity contribution in [1.82, 2.24) is 0 Å². The summed E-state index contributed by atoms with van der Waals surface area (Å²) < 4.78 is 49.6. The molecule has 0 atom stereocenters. The lowest BCUT2D eigenvalue weighted by Crippen LogP contribution is -1.87. The quantitative estimate of drug-likeness (QED) is 0.362. The average Bonchev–Trinajstić information content (AvgIpc) is 1.85. The molecule has 0 unspecified atom stereocenters. The Morgan fingerprint density at radius 3 is 2.09 bits per heavy atom. The first-order valence-corrected chi connectivity index (χ1v) is 5.31. The van der Waals surface area contributed by atoms with E-state index in [1.165, 1.54) is 0 Å². The highest BCUT2D eigenvalue weighted by atomic mass is 31.2. The maximum atomic E-state index is 11.5. The molecule has 0 spiro atoms. The molecule has 0 aliphatic rings. The summed E-state index contributed by atoms with van der Waals surface area (Å²) in [5.41, 5.74) is 0. The molecule has 0 aromatic rings.